The molecule has 32 heavy (non-hydrogen) atoms. The van der Waals surface area contributed by atoms with Crippen LogP contribution in [0.2, 0.25) is 4.34 Å². The van der Waals surface area contributed by atoms with Crippen molar-refractivity contribution in [1.82, 2.24) is 25.6 Å². The molecule has 170 valence electrons. The van der Waals surface area contributed by atoms with Crippen molar-refractivity contribution in [2.75, 3.05) is 18.0 Å². The van der Waals surface area contributed by atoms with Crippen LogP contribution in [-0.2, 0) is 12.8 Å². The summed E-state index contributed by atoms with van der Waals surface area (Å²) >= 11 is 7.76. The van der Waals surface area contributed by atoms with E-state index in [1.54, 1.807) is 0 Å². The van der Waals surface area contributed by atoms with Crippen molar-refractivity contribution in [1.29, 1.82) is 0 Å². The summed E-state index contributed by atoms with van der Waals surface area (Å²) in [5.74, 6) is -0.229. The van der Waals surface area contributed by atoms with Crippen molar-refractivity contribution in [2.45, 2.75) is 51.1 Å². The lowest BCUT2D eigenvalue weighted by molar-refractivity contribution is -0.179. The predicted octanol–water partition coefficient (Wildman–Crippen LogP) is 5.69. The summed E-state index contributed by atoms with van der Waals surface area (Å²) in [7, 11) is 0. The third kappa shape index (κ3) is 4.10. The van der Waals surface area contributed by atoms with Crippen LogP contribution in [-0.4, -0.2) is 44.9 Å². The molecule has 1 aliphatic heterocycles. The Morgan fingerprint density at radius 3 is 2.50 bits per heavy atom. The number of rotatable bonds is 3. The van der Waals surface area contributed by atoms with Crippen LogP contribution in [0.25, 0.3) is 21.8 Å². The monoisotopic (exact) mass is 482 g/mol. The Morgan fingerprint density at radius 1 is 1.06 bits per heavy atom. The molecule has 3 aromatic rings. The van der Waals surface area contributed by atoms with Gasteiger partial charge in [-0.1, -0.05) is 18.0 Å². The molecule has 5 rings (SSSR count). The van der Waals surface area contributed by atoms with Crippen LogP contribution < -0.4 is 4.90 Å². The van der Waals surface area contributed by atoms with Crippen LogP contribution in [0.3, 0.4) is 0 Å². The molecule has 0 aromatic carbocycles. The van der Waals surface area contributed by atoms with E-state index >= 15 is 0 Å². The SMILES string of the molecule is FC(F)(F)C1CCN(c2nc3c(c(-c4ccc(Cl)s4)c2-c2nn[nH]n2)CCCCC3)CC1. The zero-order valence-electron chi connectivity index (χ0n) is 17.3. The number of H-pyrrole nitrogens is 1. The van der Waals surface area contributed by atoms with Crippen molar-refractivity contribution in [2.24, 2.45) is 5.92 Å². The van der Waals surface area contributed by atoms with Crippen molar-refractivity contribution >= 4 is 28.8 Å². The van der Waals surface area contributed by atoms with E-state index < -0.39 is 12.1 Å². The molecule has 0 atom stereocenters. The molecule has 0 bridgehead atoms. The number of aryl methyl sites for hydroxylation is 1. The smallest absolute Gasteiger partial charge is 0.356 e. The summed E-state index contributed by atoms with van der Waals surface area (Å²) in [6.07, 6.45) is 0.884. The molecule has 1 saturated heterocycles. The second-order valence-corrected chi connectivity index (χ2v) is 10.0. The van der Waals surface area contributed by atoms with Crippen LogP contribution in [0.1, 0.15) is 43.4 Å². The summed E-state index contributed by atoms with van der Waals surface area (Å²) in [4.78, 5) is 7.97. The number of halogens is 4. The number of piperidine rings is 1. The molecule has 11 heteroatoms. The van der Waals surface area contributed by atoms with E-state index in [4.69, 9.17) is 16.6 Å². The molecule has 3 aromatic heterocycles. The second-order valence-electron chi connectivity index (χ2n) is 8.31. The Balaban J connectivity index is 1.68. The van der Waals surface area contributed by atoms with Gasteiger partial charge in [-0.05, 0) is 61.4 Å². The van der Waals surface area contributed by atoms with E-state index in [9.17, 15) is 13.2 Å². The number of aromatic nitrogens is 5. The average molecular weight is 483 g/mol. The number of hydrogen-bond acceptors (Lipinski definition) is 6. The Labute approximate surface area is 192 Å². The van der Waals surface area contributed by atoms with Crippen LogP contribution >= 0.6 is 22.9 Å². The lowest BCUT2D eigenvalue weighted by atomic mass is 9.92. The van der Waals surface area contributed by atoms with Crippen LogP contribution in [0.5, 0.6) is 0 Å². The van der Waals surface area contributed by atoms with Gasteiger partial charge in [-0.2, -0.15) is 18.4 Å². The molecule has 0 amide bonds. The number of nitrogens with one attached hydrogen (secondary N) is 1. The van der Waals surface area contributed by atoms with E-state index in [0.29, 0.717) is 16.0 Å². The molecule has 0 radical (unpaired) electrons. The molecule has 1 fully saturated rings. The minimum atomic E-state index is -4.16. The topological polar surface area (TPSA) is 70.6 Å². The van der Waals surface area contributed by atoms with Gasteiger partial charge < -0.3 is 4.90 Å². The van der Waals surface area contributed by atoms with Gasteiger partial charge in [-0.25, -0.2) is 4.98 Å². The zero-order chi connectivity index (χ0) is 22.3. The molecule has 1 N–H and O–H groups in total. The maximum atomic E-state index is 13.3. The zero-order valence-corrected chi connectivity index (χ0v) is 18.8. The van der Waals surface area contributed by atoms with Crippen molar-refractivity contribution < 1.29 is 13.2 Å². The van der Waals surface area contributed by atoms with Gasteiger partial charge in [0.05, 0.1) is 15.8 Å². The quantitative estimate of drug-likeness (QED) is 0.485. The minimum Gasteiger partial charge on any atom is -0.356 e. The lowest BCUT2D eigenvalue weighted by Crippen LogP contribution is -2.39. The van der Waals surface area contributed by atoms with Gasteiger partial charge in [0.15, 0.2) is 0 Å². The highest BCUT2D eigenvalue weighted by molar-refractivity contribution is 7.19. The number of thiophene rings is 1. The normalized spacial score (nSPS) is 17.9. The summed E-state index contributed by atoms with van der Waals surface area (Å²) in [6, 6.07) is 3.84. The van der Waals surface area contributed by atoms with E-state index in [2.05, 4.69) is 20.6 Å². The Bertz CT molecular complexity index is 1090. The number of fused-ring (bicyclic) bond motifs is 1. The molecule has 2 aliphatic rings. The molecule has 4 heterocycles. The van der Waals surface area contributed by atoms with Gasteiger partial charge in [0.1, 0.15) is 5.82 Å². The number of aromatic amines is 1. The van der Waals surface area contributed by atoms with Crippen LogP contribution in [0.15, 0.2) is 12.1 Å². The number of nitrogens with zero attached hydrogens (tertiary/aromatic N) is 5. The predicted molar refractivity (Wildman–Crippen MR) is 118 cm³/mol. The molecule has 0 saturated carbocycles. The fourth-order valence-corrected chi connectivity index (χ4v) is 5.87. The standard InChI is InChI=1S/C21H22ClF3N6S/c22-16-7-6-15(32-16)17-13-4-2-1-3-5-14(13)26-20(18(17)19-27-29-30-28-19)31-10-8-12(9-11-31)21(23,24)25/h6-7,12H,1-5,8-11H2,(H,27,28,29,30). The van der Waals surface area contributed by atoms with Gasteiger partial charge in [0.25, 0.3) is 0 Å². The first-order valence-corrected chi connectivity index (χ1v) is 12.0. The number of tetrazole rings is 1. The highest BCUT2D eigenvalue weighted by atomic mass is 35.5. The number of anilines is 1. The lowest BCUT2D eigenvalue weighted by Gasteiger charge is -2.35. The third-order valence-corrected chi connectivity index (χ3v) is 7.60. The molecular weight excluding hydrogens is 461 g/mol. The summed E-state index contributed by atoms with van der Waals surface area (Å²) in [5, 5.41) is 14.7. The molecule has 1 aliphatic carbocycles. The summed E-state index contributed by atoms with van der Waals surface area (Å²) in [6.45, 7) is 0.566. The highest BCUT2D eigenvalue weighted by Gasteiger charge is 2.42. The fourth-order valence-electron chi connectivity index (χ4n) is 4.75. The van der Waals surface area contributed by atoms with Crippen molar-refractivity contribution in [3.8, 4) is 21.8 Å². The molecule has 6 nitrogen and oxygen atoms in total. The van der Waals surface area contributed by atoms with E-state index in [1.165, 1.54) is 11.3 Å². The van der Waals surface area contributed by atoms with E-state index in [1.807, 2.05) is 17.0 Å². The number of hydrogen-bond donors (Lipinski definition) is 1. The first-order valence-electron chi connectivity index (χ1n) is 10.8. The third-order valence-electron chi connectivity index (χ3n) is 6.35. The Hall–Kier alpha value is -2.20. The number of alkyl halides is 3. The second kappa shape index (κ2) is 8.62. The summed E-state index contributed by atoms with van der Waals surface area (Å²) < 4.78 is 40.4. The van der Waals surface area contributed by atoms with Crippen molar-refractivity contribution in [3.05, 3.63) is 27.7 Å². The minimum absolute atomic E-state index is 0.0497. The Morgan fingerprint density at radius 2 is 1.84 bits per heavy atom. The van der Waals surface area contributed by atoms with Gasteiger partial charge in [0.2, 0.25) is 5.82 Å². The van der Waals surface area contributed by atoms with Crippen molar-refractivity contribution in [3.63, 3.8) is 0 Å². The summed E-state index contributed by atoms with van der Waals surface area (Å²) in [5.41, 5.74) is 3.89. The van der Waals surface area contributed by atoms with E-state index in [-0.39, 0.29) is 25.9 Å². The molecule has 0 spiro atoms. The fraction of sp³-hybridized carbons (Fsp3) is 0.524. The van der Waals surface area contributed by atoms with Gasteiger partial charge in [0, 0.05) is 29.2 Å². The first-order chi connectivity index (χ1) is 15.4. The first kappa shape index (κ1) is 21.6. The maximum Gasteiger partial charge on any atom is 0.391 e. The van der Waals surface area contributed by atoms with Gasteiger partial charge in [-0.3, -0.25) is 0 Å². The Kier molecular flexibility index (Phi) is 5.83. The highest BCUT2D eigenvalue weighted by Crippen LogP contribution is 2.46. The van der Waals surface area contributed by atoms with Crippen LogP contribution in [0, 0.1) is 5.92 Å². The maximum absolute atomic E-state index is 13.3. The number of pyridine rings is 1. The van der Waals surface area contributed by atoms with Crippen LogP contribution in [0.4, 0.5) is 19.0 Å². The van der Waals surface area contributed by atoms with Gasteiger partial charge in [-0.15, -0.1) is 21.5 Å². The average Bonchev–Trinajstić information content (AvgIpc) is 3.39. The molecular formula is C21H22ClF3N6S. The van der Waals surface area contributed by atoms with E-state index in [0.717, 1.165) is 59.4 Å². The largest absolute Gasteiger partial charge is 0.391 e. The molecule has 0 unspecified atom stereocenters. The van der Waals surface area contributed by atoms with Gasteiger partial charge >= 0.3 is 6.18 Å².